The molecule has 1 saturated heterocycles. The fourth-order valence-corrected chi connectivity index (χ4v) is 4.44. The average Bonchev–Trinajstić information content (AvgIpc) is 3.13. The molecule has 1 unspecified atom stereocenters. The quantitative estimate of drug-likeness (QED) is 0.915. The summed E-state index contributed by atoms with van der Waals surface area (Å²) >= 11 is 1.74. The summed E-state index contributed by atoms with van der Waals surface area (Å²) in [6.07, 6.45) is 4.57. The SMILES string of the molecule is CC(C)c1csc(C2CCCN(C(=O)c3cc(C4CC4)[nH]n3)C2)n1. The Balaban J connectivity index is 1.45. The zero-order valence-electron chi connectivity index (χ0n) is 14.3. The van der Waals surface area contributed by atoms with Crippen molar-refractivity contribution in [3.05, 3.63) is 33.5 Å². The smallest absolute Gasteiger partial charge is 0.274 e. The van der Waals surface area contributed by atoms with Gasteiger partial charge in [0.25, 0.3) is 5.91 Å². The topological polar surface area (TPSA) is 61.9 Å². The summed E-state index contributed by atoms with van der Waals surface area (Å²) in [5.41, 5.74) is 2.85. The number of thiazole rings is 1. The average molecular weight is 344 g/mol. The molecule has 0 aromatic carbocycles. The molecule has 1 amide bonds. The highest BCUT2D eigenvalue weighted by Crippen LogP contribution is 2.39. The molecular formula is C18H24N4OS. The number of aromatic nitrogens is 3. The maximum absolute atomic E-state index is 12.8. The van der Waals surface area contributed by atoms with Gasteiger partial charge in [-0.05, 0) is 37.7 Å². The number of nitrogens with zero attached hydrogens (tertiary/aromatic N) is 3. The van der Waals surface area contributed by atoms with Gasteiger partial charge in [-0.3, -0.25) is 9.89 Å². The summed E-state index contributed by atoms with van der Waals surface area (Å²) < 4.78 is 0. The number of carbonyl (C=O) groups is 1. The summed E-state index contributed by atoms with van der Waals surface area (Å²) in [4.78, 5) is 19.5. The van der Waals surface area contributed by atoms with Crippen molar-refractivity contribution >= 4 is 17.2 Å². The molecule has 2 fully saturated rings. The fourth-order valence-electron chi connectivity index (χ4n) is 3.33. The van der Waals surface area contributed by atoms with Gasteiger partial charge in [0, 0.05) is 36.0 Å². The maximum atomic E-state index is 12.8. The van der Waals surface area contributed by atoms with Crippen LogP contribution in [-0.2, 0) is 0 Å². The first-order chi connectivity index (χ1) is 11.6. The molecule has 1 aliphatic heterocycles. The summed E-state index contributed by atoms with van der Waals surface area (Å²) in [5.74, 6) is 1.48. The van der Waals surface area contributed by atoms with Crippen molar-refractivity contribution in [3.63, 3.8) is 0 Å². The van der Waals surface area contributed by atoms with Gasteiger partial charge in [0.15, 0.2) is 0 Å². The Labute approximate surface area is 146 Å². The molecule has 1 aliphatic carbocycles. The molecule has 3 heterocycles. The lowest BCUT2D eigenvalue weighted by atomic mass is 9.98. The molecule has 1 atom stereocenters. The number of rotatable bonds is 4. The van der Waals surface area contributed by atoms with Crippen molar-refractivity contribution < 1.29 is 4.79 Å². The van der Waals surface area contributed by atoms with Crippen molar-refractivity contribution in [3.8, 4) is 0 Å². The standard InChI is InChI=1S/C18H24N4OS/c1-11(2)16-10-24-17(19-16)13-4-3-7-22(9-13)18(23)15-8-14(20-21-15)12-5-6-12/h8,10-13H,3-7,9H2,1-2H3,(H,20,21). The van der Waals surface area contributed by atoms with Crippen LogP contribution in [0.15, 0.2) is 11.4 Å². The summed E-state index contributed by atoms with van der Waals surface area (Å²) in [7, 11) is 0. The maximum Gasteiger partial charge on any atom is 0.274 e. The molecule has 2 aromatic rings. The van der Waals surface area contributed by atoms with Gasteiger partial charge in [0.05, 0.1) is 10.7 Å². The lowest BCUT2D eigenvalue weighted by molar-refractivity contribution is 0.0701. The van der Waals surface area contributed by atoms with Crippen LogP contribution in [0.3, 0.4) is 0 Å². The minimum absolute atomic E-state index is 0.0588. The largest absolute Gasteiger partial charge is 0.337 e. The number of hydrogen-bond acceptors (Lipinski definition) is 4. The molecule has 2 aromatic heterocycles. The molecule has 5 nitrogen and oxygen atoms in total. The van der Waals surface area contributed by atoms with E-state index in [-0.39, 0.29) is 5.91 Å². The molecule has 128 valence electrons. The Hall–Kier alpha value is -1.69. The molecule has 0 bridgehead atoms. The second kappa shape index (κ2) is 6.31. The van der Waals surface area contributed by atoms with E-state index in [1.54, 1.807) is 11.3 Å². The summed E-state index contributed by atoms with van der Waals surface area (Å²) in [5, 5.41) is 10.6. The van der Waals surface area contributed by atoms with Gasteiger partial charge < -0.3 is 4.90 Å². The highest BCUT2D eigenvalue weighted by molar-refractivity contribution is 7.09. The van der Waals surface area contributed by atoms with Crippen LogP contribution >= 0.6 is 11.3 Å². The third kappa shape index (κ3) is 3.11. The molecule has 1 saturated carbocycles. The normalized spacial score (nSPS) is 21.5. The van der Waals surface area contributed by atoms with E-state index in [2.05, 4.69) is 29.4 Å². The number of carbonyl (C=O) groups excluding carboxylic acids is 1. The van der Waals surface area contributed by atoms with E-state index in [1.807, 2.05) is 11.0 Å². The van der Waals surface area contributed by atoms with E-state index in [0.29, 0.717) is 23.4 Å². The Morgan fingerprint density at radius 1 is 1.33 bits per heavy atom. The Morgan fingerprint density at radius 2 is 2.17 bits per heavy atom. The van der Waals surface area contributed by atoms with Crippen LogP contribution in [0.2, 0.25) is 0 Å². The Morgan fingerprint density at radius 3 is 2.88 bits per heavy atom. The third-order valence-electron chi connectivity index (χ3n) is 5.02. The van der Waals surface area contributed by atoms with Gasteiger partial charge in [0.1, 0.15) is 5.69 Å². The number of H-pyrrole nitrogens is 1. The number of likely N-dealkylation sites (tertiary alicyclic amines) is 1. The summed E-state index contributed by atoms with van der Waals surface area (Å²) in [6, 6.07) is 1.95. The molecule has 1 N–H and O–H groups in total. The zero-order valence-corrected chi connectivity index (χ0v) is 15.1. The van der Waals surface area contributed by atoms with Crippen molar-refractivity contribution in [2.75, 3.05) is 13.1 Å². The predicted octanol–water partition coefficient (Wildman–Crippen LogP) is 3.89. The number of piperidine rings is 1. The van der Waals surface area contributed by atoms with E-state index >= 15 is 0 Å². The molecule has 2 aliphatic rings. The van der Waals surface area contributed by atoms with E-state index in [1.165, 1.54) is 23.5 Å². The molecule has 0 radical (unpaired) electrons. The van der Waals surface area contributed by atoms with E-state index in [0.717, 1.165) is 31.6 Å². The van der Waals surface area contributed by atoms with Gasteiger partial charge in [-0.1, -0.05) is 13.8 Å². The highest BCUT2D eigenvalue weighted by atomic mass is 32.1. The number of aromatic amines is 1. The third-order valence-corrected chi connectivity index (χ3v) is 6.05. The summed E-state index contributed by atoms with van der Waals surface area (Å²) in [6.45, 7) is 5.92. The zero-order chi connectivity index (χ0) is 16.7. The first kappa shape index (κ1) is 15.8. The van der Waals surface area contributed by atoms with Crippen LogP contribution in [0.1, 0.15) is 84.2 Å². The van der Waals surface area contributed by atoms with Crippen molar-refractivity contribution in [2.24, 2.45) is 0 Å². The molecule has 6 heteroatoms. The van der Waals surface area contributed by atoms with Gasteiger partial charge in [-0.15, -0.1) is 11.3 Å². The minimum Gasteiger partial charge on any atom is -0.337 e. The van der Waals surface area contributed by atoms with Crippen LogP contribution in [-0.4, -0.2) is 39.1 Å². The fraction of sp³-hybridized carbons (Fsp3) is 0.611. The Kier molecular flexibility index (Phi) is 4.16. The van der Waals surface area contributed by atoms with Gasteiger partial charge in [0.2, 0.25) is 0 Å². The minimum atomic E-state index is 0.0588. The highest BCUT2D eigenvalue weighted by Gasteiger charge is 2.30. The monoisotopic (exact) mass is 344 g/mol. The van der Waals surface area contributed by atoms with Crippen molar-refractivity contribution in [1.82, 2.24) is 20.1 Å². The van der Waals surface area contributed by atoms with Gasteiger partial charge in [-0.2, -0.15) is 5.10 Å². The second-order valence-electron chi connectivity index (χ2n) is 7.34. The van der Waals surface area contributed by atoms with Gasteiger partial charge >= 0.3 is 0 Å². The number of hydrogen-bond donors (Lipinski definition) is 1. The van der Waals surface area contributed by atoms with E-state index < -0.39 is 0 Å². The molecule has 4 rings (SSSR count). The molecule has 24 heavy (non-hydrogen) atoms. The van der Waals surface area contributed by atoms with Crippen LogP contribution in [0, 0.1) is 0 Å². The van der Waals surface area contributed by atoms with Gasteiger partial charge in [-0.25, -0.2) is 4.98 Å². The molecule has 0 spiro atoms. The second-order valence-corrected chi connectivity index (χ2v) is 8.23. The first-order valence-corrected chi connectivity index (χ1v) is 9.79. The number of nitrogens with one attached hydrogen (secondary N) is 1. The van der Waals surface area contributed by atoms with E-state index in [9.17, 15) is 4.79 Å². The van der Waals surface area contributed by atoms with Crippen molar-refractivity contribution in [2.45, 2.75) is 57.3 Å². The lowest BCUT2D eigenvalue weighted by Gasteiger charge is -2.31. The van der Waals surface area contributed by atoms with Crippen molar-refractivity contribution in [1.29, 1.82) is 0 Å². The lowest BCUT2D eigenvalue weighted by Crippen LogP contribution is -2.39. The van der Waals surface area contributed by atoms with Crippen LogP contribution in [0.25, 0.3) is 0 Å². The van der Waals surface area contributed by atoms with Crippen LogP contribution in [0.5, 0.6) is 0 Å². The Bertz CT molecular complexity index is 731. The molecular weight excluding hydrogens is 320 g/mol. The van der Waals surface area contributed by atoms with Crippen LogP contribution < -0.4 is 0 Å². The predicted molar refractivity (Wildman–Crippen MR) is 94.6 cm³/mol. The number of amides is 1. The van der Waals surface area contributed by atoms with Crippen LogP contribution in [0.4, 0.5) is 0 Å². The van der Waals surface area contributed by atoms with E-state index in [4.69, 9.17) is 4.98 Å². The first-order valence-electron chi connectivity index (χ1n) is 8.91.